The second-order valence-electron chi connectivity index (χ2n) is 4.19. The van der Waals surface area contributed by atoms with Gasteiger partial charge in [-0.2, -0.15) is 13.2 Å². The Morgan fingerprint density at radius 3 is 2.76 bits per heavy atom. The number of anilines is 1. The Balaban J connectivity index is 2.44. The summed E-state index contributed by atoms with van der Waals surface area (Å²) >= 11 is 0. The number of aliphatic hydroxyl groups is 1. The van der Waals surface area contributed by atoms with Crippen molar-refractivity contribution in [3.05, 3.63) is 29.3 Å². The van der Waals surface area contributed by atoms with Crippen LogP contribution < -0.4 is 5.32 Å². The molecule has 0 aliphatic carbocycles. The first-order valence-electron chi connectivity index (χ1n) is 5.59. The number of benzene rings is 1. The van der Waals surface area contributed by atoms with Crippen LogP contribution in [0.5, 0.6) is 0 Å². The molecule has 5 heteroatoms. The van der Waals surface area contributed by atoms with Gasteiger partial charge in [-0.25, -0.2) is 0 Å². The molecular weight excluding hydrogens is 231 g/mol. The van der Waals surface area contributed by atoms with E-state index in [1.165, 1.54) is 6.07 Å². The first-order valence-corrected chi connectivity index (χ1v) is 5.59. The van der Waals surface area contributed by atoms with Crippen LogP contribution in [0.2, 0.25) is 0 Å². The number of fused-ring (bicyclic) bond motifs is 1. The Hall–Kier alpha value is -1.23. The molecule has 2 N–H and O–H groups in total. The molecule has 0 aromatic heterocycles. The highest BCUT2D eigenvalue weighted by atomic mass is 19.4. The van der Waals surface area contributed by atoms with Gasteiger partial charge >= 0.3 is 6.18 Å². The van der Waals surface area contributed by atoms with Crippen LogP contribution in [-0.2, 0) is 6.18 Å². The number of hydrogen-bond donors (Lipinski definition) is 2. The number of alkyl halides is 3. The van der Waals surface area contributed by atoms with Crippen molar-refractivity contribution in [2.24, 2.45) is 0 Å². The maximum Gasteiger partial charge on any atom is 0.418 e. The summed E-state index contributed by atoms with van der Waals surface area (Å²) in [7, 11) is 0. The van der Waals surface area contributed by atoms with Gasteiger partial charge in [0.05, 0.1) is 5.56 Å². The Bertz CT molecular complexity index is 403. The fraction of sp³-hybridized carbons (Fsp3) is 0.500. The predicted octanol–water partition coefficient (Wildman–Crippen LogP) is 2.99. The molecule has 1 heterocycles. The van der Waals surface area contributed by atoms with Crippen LogP contribution >= 0.6 is 0 Å². The molecule has 94 valence electrons. The zero-order chi connectivity index (χ0) is 12.5. The van der Waals surface area contributed by atoms with Crippen LogP contribution in [0, 0.1) is 0 Å². The second-order valence-corrected chi connectivity index (χ2v) is 4.19. The number of aliphatic hydroxyl groups excluding tert-OH is 1. The highest BCUT2D eigenvalue weighted by Gasteiger charge is 2.36. The molecule has 2 rings (SSSR count). The van der Waals surface area contributed by atoms with E-state index in [1.807, 2.05) is 0 Å². The summed E-state index contributed by atoms with van der Waals surface area (Å²) in [6.45, 7) is 0.519. The van der Waals surface area contributed by atoms with Crippen molar-refractivity contribution < 1.29 is 18.3 Å². The largest absolute Gasteiger partial charge is 0.418 e. The van der Waals surface area contributed by atoms with Crippen molar-refractivity contribution in [2.45, 2.75) is 24.9 Å². The fourth-order valence-corrected chi connectivity index (χ4v) is 2.33. The van der Waals surface area contributed by atoms with Crippen molar-refractivity contribution in [3.8, 4) is 0 Å². The van der Waals surface area contributed by atoms with E-state index in [-0.39, 0.29) is 18.2 Å². The van der Waals surface area contributed by atoms with E-state index in [2.05, 4.69) is 5.32 Å². The van der Waals surface area contributed by atoms with Gasteiger partial charge in [0, 0.05) is 18.8 Å². The van der Waals surface area contributed by atoms with Gasteiger partial charge in [-0.05, 0) is 30.4 Å². The molecule has 1 aromatic rings. The molecule has 1 atom stereocenters. The zero-order valence-electron chi connectivity index (χ0n) is 9.22. The molecule has 0 bridgehead atoms. The number of rotatable bonds is 2. The molecule has 1 unspecified atom stereocenters. The summed E-state index contributed by atoms with van der Waals surface area (Å²) in [4.78, 5) is 0. The van der Waals surface area contributed by atoms with Crippen molar-refractivity contribution in [3.63, 3.8) is 0 Å². The van der Waals surface area contributed by atoms with E-state index in [0.717, 1.165) is 12.5 Å². The van der Waals surface area contributed by atoms with E-state index >= 15 is 0 Å². The van der Waals surface area contributed by atoms with Crippen molar-refractivity contribution in [1.82, 2.24) is 0 Å². The van der Waals surface area contributed by atoms with Gasteiger partial charge in [0.1, 0.15) is 0 Å². The zero-order valence-corrected chi connectivity index (χ0v) is 9.22. The minimum absolute atomic E-state index is 0.000349. The molecule has 0 radical (unpaired) electrons. The molecule has 0 fully saturated rings. The topological polar surface area (TPSA) is 32.3 Å². The first-order chi connectivity index (χ1) is 8.04. The molecule has 0 saturated heterocycles. The summed E-state index contributed by atoms with van der Waals surface area (Å²) in [6, 6.07) is 4.23. The fourth-order valence-electron chi connectivity index (χ4n) is 2.33. The third kappa shape index (κ3) is 2.39. The van der Waals surface area contributed by atoms with Crippen LogP contribution in [0.25, 0.3) is 0 Å². The molecule has 17 heavy (non-hydrogen) atoms. The smallest absolute Gasteiger partial charge is 0.396 e. The molecule has 0 saturated carbocycles. The summed E-state index contributed by atoms with van der Waals surface area (Å²) in [5.41, 5.74) is 0.238. The maximum atomic E-state index is 12.8. The van der Waals surface area contributed by atoms with Gasteiger partial charge < -0.3 is 10.4 Å². The standard InChI is InChI=1S/C12H14F3NO/c13-12(14,15)10-3-1-2-9-8(5-7-17)4-6-16-11(9)10/h1-3,8,16-17H,4-7H2. The van der Waals surface area contributed by atoms with Crippen LogP contribution in [0.3, 0.4) is 0 Å². The second kappa shape index (κ2) is 4.56. The van der Waals surface area contributed by atoms with Crippen LogP contribution in [0.4, 0.5) is 18.9 Å². The summed E-state index contributed by atoms with van der Waals surface area (Å²) in [5, 5.41) is 11.8. The molecule has 1 aliphatic rings. The lowest BCUT2D eigenvalue weighted by atomic mass is 9.87. The van der Waals surface area contributed by atoms with Gasteiger partial charge in [-0.3, -0.25) is 0 Å². The number of nitrogens with one attached hydrogen (secondary N) is 1. The predicted molar refractivity (Wildman–Crippen MR) is 59.0 cm³/mol. The summed E-state index contributed by atoms with van der Waals surface area (Å²) in [5.74, 6) is 0.0125. The van der Waals surface area contributed by atoms with E-state index in [1.54, 1.807) is 6.07 Å². The Labute approximate surface area is 97.5 Å². The van der Waals surface area contributed by atoms with Crippen molar-refractivity contribution >= 4 is 5.69 Å². The molecule has 1 aliphatic heterocycles. The van der Waals surface area contributed by atoms with Crippen molar-refractivity contribution in [2.75, 3.05) is 18.5 Å². The normalized spacial score (nSPS) is 19.6. The molecule has 0 amide bonds. The van der Waals surface area contributed by atoms with Gasteiger partial charge in [0.25, 0.3) is 0 Å². The third-order valence-corrected chi connectivity index (χ3v) is 3.11. The Morgan fingerprint density at radius 2 is 2.12 bits per heavy atom. The molecule has 2 nitrogen and oxygen atoms in total. The van der Waals surface area contributed by atoms with E-state index in [9.17, 15) is 13.2 Å². The number of hydrogen-bond acceptors (Lipinski definition) is 2. The lowest BCUT2D eigenvalue weighted by molar-refractivity contribution is -0.137. The van der Waals surface area contributed by atoms with E-state index in [0.29, 0.717) is 18.5 Å². The molecule has 0 spiro atoms. The minimum Gasteiger partial charge on any atom is -0.396 e. The van der Waals surface area contributed by atoms with E-state index < -0.39 is 11.7 Å². The van der Waals surface area contributed by atoms with Gasteiger partial charge in [-0.15, -0.1) is 0 Å². The average molecular weight is 245 g/mol. The van der Waals surface area contributed by atoms with Crippen LogP contribution in [-0.4, -0.2) is 18.3 Å². The van der Waals surface area contributed by atoms with Crippen molar-refractivity contribution in [1.29, 1.82) is 0 Å². The number of halogens is 3. The average Bonchev–Trinajstić information content (AvgIpc) is 2.28. The number of para-hydroxylation sites is 1. The molecular formula is C12H14F3NO. The highest BCUT2D eigenvalue weighted by molar-refractivity contribution is 5.61. The van der Waals surface area contributed by atoms with Crippen LogP contribution in [0.1, 0.15) is 29.9 Å². The lowest BCUT2D eigenvalue weighted by Crippen LogP contribution is -2.21. The molecule has 1 aromatic carbocycles. The first kappa shape index (κ1) is 12.2. The Kier molecular flexibility index (Phi) is 3.28. The van der Waals surface area contributed by atoms with E-state index in [4.69, 9.17) is 5.11 Å². The van der Waals surface area contributed by atoms with Gasteiger partial charge in [-0.1, -0.05) is 12.1 Å². The Morgan fingerprint density at radius 1 is 1.35 bits per heavy atom. The highest BCUT2D eigenvalue weighted by Crippen LogP contribution is 2.42. The van der Waals surface area contributed by atoms with Crippen LogP contribution in [0.15, 0.2) is 18.2 Å². The third-order valence-electron chi connectivity index (χ3n) is 3.11. The summed E-state index contributed by atoms with van der Waals surface area (Å²) in [6.07, 6.45) is -3.07. The summed E-state index contributed by atoms with van der Waals surface area (Å²) < 4.78 is 38.4. The SMILES string of the molecule is OCCC1CCNc2c1cccc2C(F)(F)F. The minimum atomic E-state index is -4.33. The van der Waals surface area contributed by atoms with Gasteiger partial charge in [0.2, 0.25) is 0 Å². The lowest BCUT2D eigenvalue weighted by Gasteiger charge is -2.28. The van der Waals surface area contributed by atoms with Gasteiger partial charge in [0.15, 0.2) is 0 Å². The quantitative estimate of drug-likeness (QED) is 0.839. The maximum absolute atomic E-state index is 12.8. The monoisotopic (exact) mass is 245 g/mol.